The summed E-state index contributed by atoms with van der Waals surface area (Å²) in [4.78, 5) is 12.2. The van der Waals surface area contributed by atoms with Crippen molar-refractivity contribution in [2.24, 2.45) is 0 Å². The van der Waals surface area contributed by atoms with E-state index in [9.17, 15) is 4.79 Å². The van der Waals surface area contributed by atoms with Gasteiger partial charge in [-0.05, 0) is 45.0 Å². The number of amides is 1. The molecule has 2 rings (SSSR count). The first-order valence-corrected chi connectivity index (χ1v) is 7.16. The normalized spacial score (nSPS) is 12.0. The van der Waals surface area contributed by atoms with Crippen molar-refractivity contribution in [3.63, 3.8) is 0 Å². The summed E-state index contributed by atoms with van der Waals surface area (Å²) in [5.41, 5.74) is 0. The molecule has 0 saturated carbocycles. The van der Waals surface area contributed by atoms with Crippen LogP contribution in [0.15, 0.2) is 36.5 Å². The molecule has 0 aliphatic heterocycles. The van der Waals surface area contributed by atoms with Crippen molar-refractivity contribution in [1.29, 1.82) is 0 Å². The Morgan fingerprint density at radius 2 is 1.77 bits per heavy atom. The van der Waals surface area contributed by atoms with Gasteiger partial charge in [-0.2, -0.15) is 5.10 Å². The summed E-state index contributed by atoms with van der Waals surface area (Å²) in [5.74, 6) is 1.79. The maximum Gasteiger partial charge on any atom is 0.266 e. The number of ether oxygens (including phenoxy) is 2. The van der Waals surface area contributed by atoms with E-state index in [0.717, 1.165) is 5.75 Å². The van der Waals surface area contributed by atoms with Gasteiger partial charge in [0.25, 0.3) is 5.91 Å². The van der Waals surface area contributed by atoms with Crippen molar-refractivity contribution in [2.75, 3.05) is 12.4 Å². The van der Waals surface area contributed by atoms with Gasteiger partial charge in [0.1, 0.15) is 17.3 Å². The summed E-state index contributed by atoms with van der Waals surface area (Å²) in [6.07, 6.45) is 1.04. The summed E-state index contributed by atoms with van der Waals surface area (Å²) in [7, 11) is 1.60. The number of hydrogen-bond donors (Lipinski definition) is 1. The van der Waals surface area contributed by atoms with Crippen molar-refractivity contribution in [3.05, 3.63) is 36.5 Å². The van der Waals surface area contributed by atoms with E-state index in [1.807, 2.05) is 13.8 Å². The Bertz CT molecular complexity index is 620. The first kappa shape index (κ1) is 15.9. The zero-order valence-corrected chi connectivity index (χ0v) is 13.2. The van der Waals surface area contributed by atoms with Crippen LogP contribution in [0.5, 0.6) is 11.5 Å². The van der Waals surface area contributed by atoms with Crippen LogP contribution in [0.25, 0.3) is 0 Å². The van der Waals surface area contributed by atoms with Crippen LogP contribution in [0, 0.1) is 0 Å². The Labute approximate surface area is 130 Å². The highest BCUT2D eigenvalue weighted by atomic mass is 16.5. The van der Waals surface area contributed by atoms with Gasteiger partial charge < -0.3 is 14.8 Å². The predicted molar refractivity (Wildman–Crippen MR) is 84.3 cm³/mol. The maximum atomic E-state index is 12.2. The number of carbonyl (C=O) groups is 1. The van der Waals surface area contributed by atoms with E-state index in [1.54, 1.807) is 55.2 Å². The molecular formula is C16H21N3O3. The third-order valence-corrected chi connectivity index (χ3v) is 3.15. The first-order chi connectivity index (χ1) is 10.5. The minimum Gasteiger partial charge on any atom is -0.497 e. The molecule has 6 heteroatoms. The molecule has 1 atom stereocenters. The largest absolute Gasteiger partial charge is 0.497 e. The lowest BCUT2D eigenvalue weighted by Crippen LogP contribution is -2.31. The number of nitrogens with zero attached hydrogens (tertiary/aromatic N) is 2. The molecule has 1 amide bonds. The number of nitrogens with one attached hydrogen (secondary N) is 1. The van der Waals surface area contributed by atoms with Crippen LogP contribution >= 0.6 is 0 Å². The van der Waals surface area contributed by atoms with Gasteiger partial charge in [-0.3, -0.25) is 4.79 Å². The van der Waals surface area contributed by atoms with E-state index in [2.05, 4.69) is 10.4 Å². The Kier molecular flexibility index (Phi) is 5.04. The van der Waals surface area contributed by atoms with Crippen LogP contribution in [-0.4, -0.2) is 28.9 Å². The van der Waals surface area contributed by atoms with E-state index in [1.165, 1.54) is 0 Å². The van der Waals surface area contributed by atoms with Crippen molar-refractivity contribution in [3.8, 4) is 11.5 Å². The number of methoxy groups -OCH3 is 1. The van der Waals surface area contributed by atoms with E-state index in [4.69, 9.17) is 9.47 Å². The predicted octanol–water partition coefficient (Wildman–Crippen LogP) is 2.88. The van der Waals surface area contributed by atoms with Crippen molar-refractivity contribution >= 4 is 11.7 Å². The molecule has 0 saturated heterocycles. The molecule has 1 heterocycles. The Morgan fingerprint density at radius 3 is 2.36 bits per heavy atom. The lowest BCUT2D eigenvalue weighted by atomic mass is 10.3. The Balaban J connectivity index is 1.98. The van der Waals surface area contributed by atoms with Crippen molar-refractivity contribution in [2.45, 2.75) is 32.9 Å². The van der Waals surface area contributed by atoms with Crippen LogP contribution < -0.4 is 14.8 Å². The molecule has 1 aromatic carbocycles. The van der Waals surface area contributed by atoms with Crippen molar-refractivity contribution in [1.82, 2.24) is 9.78 Å². The molecule has 22 heavy (non-hydrogen) atoms. The lowest BCUT2D eigenvalue weighted by Gasteiger charge is -2.16. The third kappa shape index (κ3) is 3.78. The summed E-state index contributed by atoms with van der Waals surface area (Å²) >= 11 is 0. The smallest absolute Gasteiger partial charge is 0.266 e. The molecular weight excluding hydrogens is 282 g/mol. The fraction of sp³-hybridized carbons (Fsp3) is 0.375. The molecule has 118 valence electrons. The molecule has 1 aromatic heterocycles. The average Bonchev–Trinajstić information content (AvgIpc) is 2.96. The van der Waals surface area contributed by atoms with Gasteiger partial charge in [-0.25, -0.2) is 4.68 Å². The number of anilines is 1. The molecule has 6 nitrogen and oxygen atoms in total. The Hall–Kier alpha value is -2.50. The summed E-state index contributed by atoms with van der Waals surface area (Å²) < 4.78 is 12.5. The van der Waals surface area contributed by atoms with E-state index in [-0.39, 0.29) is 11.9 Å². The highest BCUT2D eigenvalue weighted by Crippen LogP contribution is 2.19. The summed E-state index contributed by atoms with van der Waals surface area (Å²) in [5, 5.41) is 7.00. The van der Waals surface area contributed by atoms with Gasteiger partial charge in [0.2, 0.25) is 0 Å². The van der Waals surface area contributed by atoms with Gasteiger partial charge in [-0.15, -0.1) is 0 Å². The van der Waals surface area contributed by atoms with Gasteiger partial charge in [0, 0.05) is 12.1 Å². The average molecular weight is 303 g/mol. The number of hydrogen-bond acceptors (Lipinski definition) is 4. The Morgan fingerprint density at radius 1 is 1.14 bits per heavy atom. The minimum atomic E-state index is -0.621. The number of benzene rings is 1. The topological polar surface area (TPSA) is 65.4 Å². The highest BCUT2D eigenvalue weighted by Gasteiger charge is 2.17. The molecule has 1 N–H and O–H groups in total. The van der Waals surface area contributed by atoms with E-state index < -0.39 is 6.10 Å². The molecule has 0 fully saturated rings. The van der Waals surface area contributed by atoms with E-state index in [0.29, 0.717) is 11.6 Å². The second-order valence-corrected chi connectivity index (χ2v) is 5.18. The zero-order chi connectivity index (χ0) is 16.1. The summed E-state index contributed by atoms with van der Waals surface area (Å²) in [6.45, 7) is 5.70. The second-order valence-electron chi connectivity index (χ2n) is 5.18. The highest BCUT2D eigenvalue weighted by molar-refractivity contribution is 5.93. The molecule has 0 bridgehead atoms. The maximum absolute atomic E-state index is 12.2. The quantitative estimate of drug-likeness (QED) is 0.891. The van der Waals surface area contributed by atoms with Crippen LogP contribution in [0.1, 0.15) is 26.8 Å². The van der Waals surface area contributed by atoms with Crippen LogP contribution in [0.2, 0.25) is 0 Å². The minimum absolute atomic E-state index is 0.170. The second kappa shape index (κ2) is 6.98. The monoisotopic (exact) mass is 303 g/mol. The first-order valence-electron chi connectivity index (χ1n) is 7.16. The molecule has 0 aliphatic rings. The molecule has 0 spiro atoms. The summed E-state index contributed by atoms with van der Waals surface area (Å²) in [6, 6.07) is 9.03. The fourth-order valence-electron chi connectivity index (χ4n) is 1.96. The molecule has 0 radical (unpaired) electrons. The standard InChI is InChI=1S/C16H21N3O3/c1-11(2)19-15(9-10-17-19)18-16(20)12(3)22-14-7-5-13(21-4)6-8-14/h5-12H,1-4H3,(H,18,20). The molecule has 0 aliphatic carbocycles. The molecule has 2 aromatic rings. The van der Waals surface area contributed by atoms with Crippen LogP contribution in [0.3, 0.4) is 0 Å². The van der Waals surface area contributed by atoms with E-state index >= 15 is 0 Å². The molecule has 1 unspecified atom stereocenters. The van der Waals surface area contributed by atoms with Gasteiger partial charge >= 0.3 is 0 Å². The number of rotatable bonds is 6. The van der Waals surface area contributed by atoms with Gasteiger partial charge in [0.05, 0.1) is 13.3 Å². The SMILES string of the molecule is COc1ccc(OC(C)C(=O)Nc2ccnn2C(C)C)cc1. The van der Waals surface area contributed by atoms with Gasteiger partial charge in [0.15, 0.2) is 6.10 Å². The third-order valence-electron chi connectivity index (χ3n) is 3.15. The van der Waals surface area contributed by atoms with Crippen LogP contribution in [-0.2, 0) is 4.79 Å². The number of aromatic nitrogens is 2. The fourth-order valence-corrected chi connectivity index (χ4v) is 1.96. The number of carbonyl (C=O) groups excluding carboxylic acids is 1. The van der Waals surface area contributed by atoms with Crippen molar-refractivity contribution < 1.29 is 14.3 Å². The lowest BCUT2D eigenvalue weighted by molar-refractivity contribution is -0.122. The van der Waals surface area contributed by atoms with Crippen LogP contribution in [0.4, 0.5) is 5.82 Å². The van der Waals surface area contributed by atoms with Gasteiger partial charge in [-0.1, -0.05) is 0 Å². The zero-order valence-electron chi connectivity index (χ0n) is 13.2.